The van der Waals surface area contributed by atoms with Crippen LogP contribution in [0.1, 0.15) is 35.6 Å². The quantitative estimate of drug-likeness (QED) is 0.218. The van der Waals surface area contributed by atoms with Crippen molar-refractivity contribution in [1.82, 2.24) is 5.32 Å². The van der Waals surface area contributed by atoms with Crippen molar-refractivity contribution in [2.45, 2.75) is 30.9 Å². The molecule has 1 aliphatic rings. The molecule has 0 bridgehead atoms. The van der Waals surface area contributed by atoms with Crippen LogP contribution < -0.4 is 10.1 Å². The Morgan fingerprint density at radius 2 is 1.97 bits per heavy atom. The maximum absolute atomic E-state index is 13.8. The summed E-state index contributed by atoms with van der Waals surface area (Å²) in [7, 11) is 0. The van der Waals surface area contributed by atoms with Gasteiger partial charge in [-0.2, -0.15) is 0 Å². The number of hydrogen-bond donors (Lipinski definition) is 2. The van der Waals surface area contributed by atoms with E-state index >= 15 is 0 Å². The van der Waals surface area contributed by atoms with E-state index in [-0.39, 0.29) is 24.8 Å². The molecule has 0 radical (unpaired) electrons. The Balaban J connectivity index is 1.62. The van der Waals surface area contributed by atoms with Gasteiger partial charge in [-0.25, -0.2) is 9.38 Å². The van der Waals surface area contributed by atoms with Crippen molar-refractivity contribution in [3.05, 3.63) is 112 Å². The van der Waals surface area contributed by atoms with E-state index in [0.29, 0.717) is 43.2 Å². The van der Waals surface area contributed by atoms with E-state index in [0.717, 1.165) is 15.6 Å². The second kappa shape index (κ2) is 12.8. The molecule has 2 N–H and O–H groups in total. The van der Waals surface area contributed by atoms with Crippen LogP contribution in [0.5, 0.6) is 5.75 Å². The number of ether oxygens (including phenoxy) is 2. The first kappa shape index (κ1) is 27.5. The molecule has 0 fully saturated rings. The molecule has 0 aliphatic carbocycles. The zero-order chi connectivity index (χ0) is 27.0. The number of hydrogen-bond acceptors (Lipinski definition) is 5. The van der Waals surface area contributed by atoms with Crippen LogP contribution in [-0.4, -0.2) is 42.2 Å². The summed E-state index contributed by atoms with van der Waals surface area (Å²) in [6.07, 6.45) is 2.23. The predicted molar refractivity (Wildman–Crippen MR) is 149 cm³/mol. The predicted octanol–water partition coefficient (Wildman–Crippen LogP) is 5.54. The van der Waals surface area contributed by atoms with Gasteiger partial charge in [0.1, 0.15) is 11.6 Å². The van der Waals surface area contributed by atoms with Crippen LogP contribution in [0.2, 0.25) is 0 Å². The van der Waals surface area contributed by atoms with Crippen LogP contribution in [0.4, 0.5) is 4.39 Å². The van der Waals surface area contributed by atoms with Gasteiger partial charge < -0.3 is 19.9 Å². The Morgan fingerprint density at radius 3 is 2.68 bits per heavy atom. The number of aliphatic imine (C=N–C) groups is 1. The highest BCUT2D eigenvalue weighted by molar-refractivity contribution is 9.10. The number of carbonyl (C=O) groups is 1. The van der Waals surface area contributed by atoms with E-state index in [1.807, 2.05) is 42.5 Å². The average Bonchev–Trinajstić information content (AvgIpc) is 3.30. The van der Waals surface area contributed by atoms with Gasteiger partial charge in [0.25, 0.3) is 5.91 Å². The number of carbonyl (C=O) groups excluding carboxylic acids is 1. The lowest BCUT2D eigenvalue weighted by Crippen LogP contribution is -2.48. The summed E-state index contributed by atoms with van der Waals surface area (Å²) in [5.41, 5.74) is 0.991. The summed E-state index contributed by atoms with van der Waals surface area (Å²) in [6.45, 7) is 4.68. The second-order valence-corrected chi connectivity index (χ2v) is 9.79. The Bertz CT molecular complexity index is 1300. The molecule has 0 saturated carbocycles. The molecule has 198 valence electrons. The number of halogens is 2. The molecule has 0 aromatic heterocycles. The van der Waals surface area contributed by atoms with Gasteiger partial charge in [0.15, 0.2) is 11.6 Å². The molecule has 6 nitrogen and oxygen atoms in total. The topological polar surface area (TPSA) is 80.2 Å². The van der Waals surface area contributed by atoms with Gasteiger partial charge in [-0.05, 0) is 54.4 Å². The normalized spacial score (nSPS) is 18.4. The molecule has 4 rings (SSSR count). The van der Waals surface area contributed by atoms with Gasteiger partial charge in [-0.1, -0.05) is 52.3 Å². The summed E-state index contributed by atoms with van der Waals surface area (Å²) >= 11 is 3.61. The molecule has 38 heavy (non-hydrogen) atoms. The second-order valence-electron chi connectivity index (χ2n) is 8.94. The summed E-state index contributed by atoms with van der Waals surface area (Å²) < 4.78 is 26.4. The maximum Gasteiger partial charge on any atom is 0.252 e. The summed E-state index contributed by atoms with van der Waals surface area (Å²) in [4.78, 5) is 18.7. The Labute approximate surface area is 230 Å². The smallest absolute Gasteiger partial charge is 0.252 e. The molecule has 3 aromatic carbocycles. The van der Waals surface area contributed by atoms with Crippen molar-refractivity contribution in [1.29, 1.82) is 0 Å². The molecule has 8 heteroatoms. The first-order chi connectivity index (χ1) is 18.5. The number of benzene rings is 3. The number of nitrogens with one attached hydrogen (secondary N) is 1. The zero-order valence-corrected chi connectivity index (χ0v) is 22.5. The number of amides is 1. The first-order valence-corrected chi connectivity index (χ1v) is 13.2. The summed E-state index contributed by atoms with van der Waals surface area (Å²) in [5.74, 6) is 0.396. The van der Waals surface area contributed by atoms with E-state index in [9.17, 15) is 9.18 Å². The molecule has 1 heterocycles. The van der Waals surface area contributed by atoms with Gasteiger partial charge in [-0.3, -0.25) is 4.79 Å². The fourth-order valence-electron chi connectivity index (χ4n) is 4.37. The third kappa shape index (κ3) is 6.31. The van der Waals surface area contributed by atoms with Crippen LogP contribution in [0.15, 0.2) is 94.9 Å². The Kier molecular flexibility index (Phi) is 9.31. The van der Waals surface area contributed by atoms with Gasteiger partial charge in [-0.15, -0.1) is 6.58 Å². The highest BCUT2D eigenvalue weighted by atomic mass is 79.9. The highest BCUT2D eigenvalue weighted by Gasteiger charge is 2.52. The number of nitrogens with zero attached hydrogens (tertiary/aromatic N) is 1. The van der Waals surface area contributed by atoms with Crippen LogP contribution in [0.25, 0.3) is 0 Å². The fourth-order valence-corrected chi connectivity index (χ4v) is 4.86. The minimum Gasteiger partial charge on any atom is -0.494 e. The highest BCUT2D eigenvalue weighted by Crippen LogP contribution is 2.44. The monoisotopic (exact) mass is 580 g/mol. The van der Waals surface area contributed by atoms with Crippen LogP contribution in [-0.2, 0) is 16.0 Å². The van der Waals surface area contributed by atoms with Gasteiger partial charge >= 0.3 is 0 Å². The van der Waals surface area contributed by atoms with E-state index in [1.165, 1.54) is 12.1 Å². The first-order valence-electron chi connectivity index (χ1n) is 12.5. The van der Waals surface area contributed by atoms with Crippen molar-refractivity contribution in [3.63, 3.8) is 0 Å². The van der Waals surface area contributed by atoms with E-state index in [2.05, 4.69) is 27.8 Å². The van der Waals surface area contributed by atoms with Crippen molar-refractivity contribution in [2.75, 3.05) is 19.8 Å². The third-order valence-corrected chi connectivity index (χ3v) is 6.98. The minimum atomic E-state index is -1.29. The van der Waals surface area contributed by atoms with Crippen LogP contribution in [0, 0.1) is 5.82 Å². The van der Waals surface area contributed by atoms with E-state index in [4.69, 9.17) is 19.6 Å². The lowest BCUT2D eigenvalue weighted by atomic mass is 9.84. The standard InChI is InChI=1S/C30H30BrFN2O4/c1-2-16-30(29(36)33-17-15-21-7-5-8-23(32)20-21)27(25-9-3-4-10-26(25)31)38-28(34-30)22-11-13-24(14-12-22)37-19-6-18-35/h2-5,7-14,20,27,35H,1,6,15-19H2,(H,33,36)/t27-,30-/m1/s1. The third-order valence-electron chi connectivity index (χ3n) is 6.26. The molecule has 1 aliphatic heterocycles. The van der Waals surface area contributed by atoms with E-state index < -0.39 is 11.6 Å². The number of rotatable bonds is 12. The molecule has 3 aromatic rings. The number of aliphatic hydroxyl groups excluding tert-OH is 1. The van der Waals surface area contributed by atoms with E-state index in [1.54, 1.807) is 24.3 Å². The molecule has 0 saturated heterocycles. The Hall–Kier alpha value is -3.49. The fraction of sp³-hybridized carbons (Fsp3) is 0.267. The molecule has 1 amide bonds. The average molecular weight is 581 g/mol. The van der Waals surface area contributed by atoms with Crippen LogP contribution in [0.3, 0.4) is 0 Å². The molecule has 0 spiro atoms. The SMILES string of the molecule is C=CC[C@@]1(C(=O)NCCc2cccc(F)c2)N=C(c2ccc(OCCCO)cc2)O[C@@H]1c1ccccc1Br. The van der Waals surface area contributed by atoms with Gasteiger partial charge in [0.2, 0.25) is 5.90 Å². The van der Waals surface area contributed by atoms with Crippen molar-refractivity contribution in [3.8, 4) is 5.75 Å². The maximum atomic E-state index is 13.8. The lowest BCUT2D eigenvalue weighted by molar-refractivity contribution is -0.128. The largest absolute Gasteiger partial charge is 0.494 e. The molecular weight excluding hydrogens is 551 g/mol. The Morgan fingerprint density at radius 1 is 1.18 bits per heavy atom. The van der Waals surface area contributed by atoms with Crippen LogP contribution >= 0.6 is 15.9 Å². The molecule has 2 atom stereocenters. The zero-order valence-electron chi connectivity index (χ0n) is 20.9. The lowest BCUT2D eigenvalue weighted by Gasteiger charge is -2.30. The van der Waals surface area contributed by atoms with Crippen molar-refractivity contribution >= 4 is 27.7 Å². The van der Waals surface area contributed by atoms with Gasteiger partial charge in [0, 0.05) is 41.6 Å². The van der Waals surface area contributed by atoms with Crippen molar-refractivity contribution < 1.29 is 23.8 Å². The van der Waals surface area contributed by atoms with Crippen molar-refractivity contribution in [2.24, 2.45) is 4.99 Å². The summed E-state index contributed by atoms with van der Waals surface area (Å²) in [5, 5.41) is 12.0. The molecular formula is C30H30BrFN2O4. The number of aliphatic hydroxyl groups is 1. The summed E-state index contributed by atoms with van der Waals surface area (Å²) in [6, 6.07) is 21.2. The minimum absolute atomic E-state index is 0.0643. The molecule has 0 unspecified atom stereocenters. The van der Waals surface area contributed by atoms with Gasteiger partial charge in [0.05, 0.1) is 6.61 Å².